The van der Waals surface area contributed by atoms with E-state index in [2.05, 4.69) is 5.10 Å². The summed E-state index contributed by atoms with van der Waals surface area (Å²) < 4.78 is 10.2. The minimum Gasteiger partial charge on any atom is -0.507 e. The average Bonchev–Trinajstić information content (AvgIpc) is 2.38. The molecule has 6 nitrogen and oxygen atoms in total. The number of nitrogens with two attached hydrogens (primary N) is 1. The van der Waals surface area contributed by atoms with Crippen LogP contribution in [0.5, 0.6) is 11.5 Å². The lowest BCUT2D eigenvalue weighted by Gasteiger charge is -2.07. The van der Waals surface area contributed by atoms with Crippen LogP contribution in [0.1, 0.15) is 25.3 Å². The molecular weight excluding hydrogens is 248 g/mol. The van der Waals surface area contributed by atoms with Gasteiger partial charge in [0.1, 0.15) is 11.5 Å². The molecule has 1 aromatic carbocycles. The van der Waals surface area contributed by atoms with E-state index in [1.165, 1.54) is 12.3 Å². The summed E-state index contributed by atoms with van der Waals surface area (Å²) in [4.78, 5) is 11.1. The first kappa shape index (κ1) is 14.8. The molecule has 0 saturated heterocycles. The molecule has 19 heavy (non-hydrogen) atoms. The Morgan fingerprint density at radius 1 is 1.53 bits per heavy atom. The number of carbonyl (C=O) groups excluding carboxylic acids is 1. The van der Waals surface area contributed by atoms with E-state index in [9.17, 15) is 9.90 Å². The van der Waals surface area contributed by atoms with E-state index < -0.39 is 0 Å². The summed E-state index contributed by atoms with van der Waals surface area (Å²) in [7, 11) is 0. The van der Waals surface area contributed by atoms with Crippen molar-refractivity contribution in [1.82, 2.24) is 0 Å². The maximum absolute atomic E-state index is 11.1. The minimum absolute atomic E-state index is 0.0390. The largest absolute Gasteiger partial charge is 0.507 e. The zero-order chi connectivity index (χ0) is 14.1. The van der Waals surface area contributed by atoms with Gasteiger partial charge < -0.3 is 20.4 Å². The number of benzene rings is 1. The van der Waals surface area contributed by atoms with Crippen molar-refractivity contribution in [3.63, 3.8) is 0 Å². The van der Waals surface area contributed by atoms with Crippen LogP contribution in [0.2, 0.25) is 0 Å². The van der Waals surface area contributed by atoms with Gasteiger partial charge in [-0.2, -0.15) is 5.10 Å². The van der Waals surface area contributed by atoms with Gasteiger partial charge in [0.05, 0.1) is 19.4 Å². The molecule has 0 saturated carbocycles. The molecule has 0 aliphatic heterocycles. The molecule has 0 aliphatic carbocycles. The van der Waals surface area contributed by atoms with Crippen LogP contribution in [-0.4, -0.2) is 30.5 Å². The number of nitrogens with zero attached hydrogens (tertiary/aromatic N) is 1. The Hall–Kier alpha value is -2.24. The van der Waals surface area contributed by atoms with E-state index in [0.29, 0.717) is 37.4 Å². The summed E-state index contributed by atoms with van der Waals surface area (Å²) in [6.07, 6.45) is 2.23. The standard InChI is InChI=1S/C13H18N2O4/c1-2-18-13(17)4-3-7-19-11-6-5-10(9-15-14)12(16)8-11/h5-6,8-9,16H,2-4,7,14H2,1H3. The molecule has 104 valence electrons. The van der Waals surface area contributed by atoms with Crippen molar-refractivity contribution in [3.8, 4) is 11.5 Å². The quantitative estimate of drug-likeness (QED) is 0.256. The molecule has 0 heterocycles. The Morgan fingerprint density at radius 2 is 2.32 bits per heavy atom. The predicted molar refractivity (Wildman–Crippen MR) is 71.3 cm³/mol. The Morgan fingerprint density at radius 3 is 2.95 bits per heavy atom. The van der Waals surface area contributed by atoms with Gasteiger partial charge in [-0.05, 0) is 25.5 Å². The van der Waals surface area contributed by atoms with Gasteiger partial charge in [-0.25, -0.2) is 0 Å². The first-order valence-electron chi connectivity index (χ1n) is 6.02. The van der Waals surface area contributed by atoms with Crippen LogP contribution in [-0.2, 0) is 9.53 Å². The third kappa shape index (κ3) is 5.29. The molecule has 0 amide bonds. The predicted octanol–water partition coefficient (Wildman–Crippen LogP) is 1.41. The third-order valence-corrected chi connectivity index (χ3v) is 2.31. The summed E-state index contributed by atoms with van der Waals surface area (Å²) >= 11 is 0. The number of hydrogen-bond donors (Lipinski definition) is 2. The van der Waals surface area contributed by atoms with Crippen molar-refractivity contribution in [2.45, 2.75) is 19.8 Å². The molecule has 3 N–H and O–H groups in total. The number of phenolic OH excluding ortho intramolecular Hbond substituents is 1. The molecule has 1 rings (SSSR count). The monoisotopic (exact) mass is 266 g/mol. The number of hydrogen-bond acceptors (Lipinski definition) is 6. The Balaban J connectivity index is 2.38. The van der Waals surface area contributed by atoms with E-state index in [1.54, 1.807) is 19.1 Å². The normalized spacial score (nSPS) is 10.6. The molecule has 1 aromatic rings. The molecule has 0 atom stereocenters. The molecule has 0 unspecified atom stereocenters. The first-order chi connectivity index (χ1) is 9.17. The van der Waals surface area contributed by atoms with Crippen molar-refractivity contribution in [2.75, 3.05) is 13.2 Å². The van der Waals surface area contributed by atoms with E-state index in [4.69, 9.17) is 15.3 Å². The fourth-order valence-corrected chi connectivity index (χ4v) is 1.44. The molecule has 0 fully saturated rings. The fourth-order valence-electron chi connectivity index (χ4n) is 1.44. The highest BCUT2D eigenvalue weighted by Crippen LogP contribution is 2.22. The maximum Gasteiger partial charge on any atom is 0.305 e. The van der Waals surface area contributed by atoms with Crippen molar-refractivity contribution in [1.29, 1.82) is 0 Å². The molecule has 0 spiro atoms. The van der Waals surface area contributed by atoms with E-state index in [1.807, 2.05) is 0 Å². The lowest BCUT2D eigenvalue weighted by atomic mass is 10.2. The second kappa shape index (κ2) is 7.97. The van der Waals surface area contributed by atoms with Gasteiger partial charge in [0.15, 0.2) is 0 Å². The molecule has 0 aromatic heterocycles. The zero-order valence-electron chi connectivity index (χ0n) is 10.8. The van der Waals surface area contributed by atoms with Crippen LogP contribution in [0.4, 0.5) is 0 Å². The van der Waals surface area contributed by atoms with Gasteiger partial charge in [0.2, 0.25) is 0 Å². The molecule has 6 heteroatoms. The van der Waals surface area contributed by atoms with E-state index in [0.717, 1.165) is 0 Å². The molecule has 0 radical (unpaired) electrons. The smallest absolute Gasteiger partial charge is 0.305 e. The van der Waals surface area contributed by atoms with Gasteiger partial charge in [-0.1, -0.05) is 0 Å². The van der Waals surface area contributed by atoms with Crippen molar-refractivity contribution in [2.24, 2.45) is 10.9 Å². The second-order valence-corrected chi connectivity index (χ2v) is 3.76. The molecular formula is C13H18N2O4. The van der Waals surface area contributed by atoms with Gasteiger partial charge >= 0.3 is 5.97 Å². The highest BCUT2D eigenvalue weighted by atomic mass is 16.5. The highest BCUT2D eigenvalue weighted by Gasteiger charge is 2.03. The van der Waals surface area contributed by atoms with Crippen LogP contribution < -0.4 is 10.6 Å². The number of esters is 1. The van der Waals surface area contributed by atoms with Crippen LogP contribution in [0.15, 0.2) is 23.3 Å². The SMILES string of the molecule is CCOC(=O)CCCOc1ccc(C=NN)c(O)c1. The number of hydrazone groups is 1. The highest BCUT2D eigenvalue weighted by molar-refractivity contribution is 5.83. The van der Waals surface area contributed by atoms with Crippen LogP contribution in [0, 0.1) is 0 Å². The summed E-state index contributed by atoms with van der Waals surface area (Å²) in [6, 6.07) is 4.81. The van der Waals surface area contributed by atoms with E-state index in [-0.39, 0.29) is 11.7 Å². The lowest BCUT2D eigenvalue weighted by molar-refractivity contribution is -0.143. The van der Waals surface area contributed by atoms with Crippen molar-refractivity contribution >= 4 is 12.2 Å². The topological polar surface area (TPSA) is 94.1 Å². The second-order valence-electron chi connectivity index (χ2n) is 3.76. The van der Waals surface area contributed by atoms with E-state index >= 15 is 0 Å². The minimum atomic E-state index is -0.233. The number of ether oxygens (including phenoxy) is 2. The summed E-state index contributed by atoms with van der Waals surface area (Å²) in [6.45, 7) is 2.53. The van der Waals surface area contributed by atoms with Crippen LogP contribution in [0.3, 0.4) is 0 Å². The van der Waals surface area contributed by atoms with Crippen molar-refractivity contribution < 1.29 is 19.4 Å². The number of phenols is 1. The molecule has 0 bridgehead atoms. The van der Waals surface area contributed by atoms with Crippen molar-refractivity contribution in [3.05, 3.63) is 23.8 Å². The molecule has 0 aliphatic rings. The van der Waals surface area contributed by atoms with Crippen LogP contribution >= 0.6 is 0 Å². The number of rotatable bonds is 7. The Labute approximate surface area is 111 Å². The third-order valence-electron chi connectivity index (χ3n) is 2.31. The van der Waals surface area contributed by atoms with Gasteiger partial charge in [0.25, 0.3) is 0 Å². The average molecular weight is 266 g/mol. The zero-order valence-corrected chi connectivity index (χ0v) is 10.8. The lowest BCUT2D eigenvalue weighted by Crippen LogP contribution is -2.06. The van der Waals surface area contributed by atoms with Gasteiger partial charge in [-0.3, -0.25) is 4.79 Å². The van der Waals surface area contributed by atoms with Gasteiger partial charge in [-0.15, -0.1) is 0 Å². The summed E-state index contributed by atoms with van der Waals surface area (Å²) in [5, 5.41) is 13.0. The summed E-state index contributed by atoms with van der Waals surface area (Å²) in [5.74, 6) is 5.33. The number of carbonyl (C=O) groups is 1. The summed E-state index contributed by atoms with van der Waals surface area (Å²) in [5.41, 5.74) is 0.515. The van der Waals surface area contributed by atoms with Gasteiger partial charge in [0, 0.05) is 18.1 Å². The maximum atomic E-state index is 11.1. The number of aromatic hydroxyl groups is 1. The first-order valence-corrected chi connectivity index (χ1v) is 6.02. The van der Waals surface area contributed by atoms with Crippen LogP contribution in [0.25, 0.3) is 0 Å². The fraction of sp³-hybridized carbons (Fsp3) is 0.385. The Kier molecular flexibility index (Phi) is 6.21. The Bertz CT molecular complexity index is 446.